The number of benzene rings is 2. The SMILES string of the molecule is CC(=O)N(CC(=O)N[C@@H](CCC(=O)O)CN(CC(N)=O)C(=O)CCc1ccccc1)C[C@H](CCCCN)NC(=O)CN(C[C@@H](N)Cc1ccccc1)C(=O)CCC1CCCCC1. The quantitative estimate of drug-likeness (QED) is 0.0652. The molecular formula is C46H70N8O8. The summed E-state index contributed by atoms with van der Waals surface area (Å²) in [6.07, 6.45) is 9.10. The molecule has 62 heavy (non-hydrogen) atoms. The zero-order chi connectivity index (χ0) is 45.3. The number of nitrogens with two attached hydrogens (primary N) is 3. The Bertz CT molecular complexity index is 1710. The number of amides is 6. The first kappa shape index (κ1) is 51.0. The van der Waals surface area contributed by atoms with E-state index in [0.29, 0.717) is 51.0 Å². The van der Waals surface area contributed by atoms with Crippen LogP contribution < -0.4 is 27.8 Å². The largest absolute Gasteiger partial charge is 0.481 e. The Balaban J connectivity index is 1.71. The molecule has 0 bridgehead atoms. The summed E-state index contributed by atoms with van der Waals surface area (Å²) in [4.78, 5) is 95.0. The van der Waals surface area contributed by atoms with Crippen molar-refractivity contribution in [3.63, 3.8) is 0 Å². The standard InChI is InChI=1S/C46H70N8O8/c1-34(55)52(32-42(57)51-40(22-25-46(61)62)30-54(31-41(49)56)45(60)24-21-36-15-7-3-8-16-36)29-39(19-11-12-26-47)50-43(58)33-53(28-38(48)27-37-17-9-4-10-18-37)44(59)23-20-35-13-5-2-6-14-35/h3-4,7-10,15-18,35,38-40H,2,5-6,11-14,19-33,47-48H2,1H3,(H2,49,56)(H,50,58)(H,51,57)(H,61,62)/t38-,39-,40-/m0/s1. The average molecular weight is 863 g/mol. The van der Waals surface area contributed by atoms with E-state index in [1.807, 2.05) is 60.7 Å². The minimum atomic E-state index is -1.12. The van der Waals surface area contributed by atoms with E-state index in [2.05, 4.69) is 10.6 Å². The summed E-state index contributed by atoms with van der Waals surface area (Å²) < 4.78 is 0. The van der Waals surface area contributed by atoms with Crippen LogP contribution in [0.25, 0.3) is 0 Å². The molecule has 6 amide bonds. The molecule has 16 heteroatoms. The molecule has 1 fully saturated rings. The van der Waals surface area contributed by atoms with Crippen molar-refractivity contribution in [2.24, 2.45) is 23.1 Å². The van der Waals surface area contributed by atoms with E-state index in [-0.39, 0.29) is 51.3 Å². The molecule has 0 saturated heterocycles. The number of aliphatic carboxylic acids is 1. The molecule has 1 aliphatic rings. The number of nitrogens with one attached hydrogen (secondary N) is 2. The van der Waals surface area contributed by atoms with Gasteiger partial charge in [-0.3, -0.25) is 33.6 Å². The van der Waals surface area contributed by atoms with E-state index in [9.17, 15) is 38.7 Å². The van der Waals surface area contributed by atoms with Gasteiger partial charge in [-0.1, -0.05) is 99.2 Å². The maximum atomic E-state index is 13.8. The molecule has 1 aliphatic carbocycles. The maximum absolute atomic E-state index is 13.8. The number of carbonyl (C=O) groups excluding carboxylic acids is 6. The number of rotatable bonds is 29. The van der Waals surface area contributed by atoms with Gasteiger partial charge in [-0.2, -0.15) is 0 Å². The second-order valence-corrected chi connectivity index (χ2v) is 16.6. The van der Waals surface area contributed by atoms with Gasteiger partial charge in [0.05, 0.1) is 19.6 Å². The highest BCUT2D eigenvalue weighted by Crippen LogP contribution is 2.27. The highest BCUT2D eigenvalue weighted by molar-refractivity contribution is 5.86. The first-order chi connectivity index (χ1) is 29.7. The molecule has 1 saturated carbocycles. The van der Waals surface area contributed by atoms with Gasteiger partial charge in [-0.05, 0) is 62.1 Å². The molecule has 3 atom stereocenters. The molecule has 0 radical (unpaired) electrons. The van der Waals surface area contributed by atoms with Gasteiger partial charge < -0.3 is 47.6 Å². The fourth-order valence-electron chi connectivity index (χ4n) is 7.96. The molecule has 3 rings (SSSR count). The van der Waals surface area contributed by atoms with Crippen molar-refractivity contribution in [2.45, 2.75) is 121 Å². The van der Waals surface area contributed by atoms with E-state index >= 15 is 0 Å². The van der Waals surface area contributed by atoms with Gasteiger partial charge in [-0.15, -0.1) is 0 Å². The van der Waals surface area contributed by atoms with Crippen LogP contribution in [0.3, 0.4) is 0 Å². The van der Waals surface area contributed by atoms with Crippen molar-refractivity contribution in [1.82, 2.24) is 25.3 Å². The smallest absolute Gasteiger partial charge is 0.303 e. The fourth-order valence-corrected chi connectivity index (χ4v) is 7.96. The van der Waals surface area contributed by atoms with Gasteiger partial charge in [0, 0.05) is 63.9 Å². The van der Waals surface area contributed by atoms with Crippen LogP contribution in [0.15, 0.2) is 60.7 Å². The van der Waals surface area contributed by atoms with Gasteiger partial charge in [0.1, 0.15) is 0 Å². The summed E-state index contributed by atoms with van der Waals surface area (Å²) in [6.45, 7) is 0.598. The molecule has 0 heterocycles. The number of nitrogens with zero attached hydrogens (tertiary/aromatic N) is 3. The van der Waals surface area contributed by atoms with Crippen molar-refractivity contribution >= 4 is 41.4 Å². The minimum Gasteiger partial charge on any atom is -0.481 e. The highest BCUT2D eigenvalue weighted by atomic mass is 16.4. The molecule has 0 spiro atoms. The number of carboxylic acid groups (broad SMARTS) is 1. The lowest BCUT2D eigenvalue weighted by Gasteiger charge is -2.31. The van der Waals surface area contributed by atoms with E-state index < -0.39 is 66.7 Å². The van der Waals surface area contributed by atoms with Crippen molar-refractivity contribution < 1.29 is 38.7 Å². The van der Waals surface area contributed by atoms with E-state index in [4.69, 9.17) is 17.2 Å². The number of hydrogen-bond donors (Lipinski definition) is 6. The second-order valence-electron chi connectivity index (χ2n) is 16.6. The molecule has 0 aromatic heterocycles. The van der Waals surface area contributed by atoms with Crippen LogP contribution in [0.2, 0.25) is 0 Å². The fraction of sp³-hybridized carbons (Fsp3) is 0.587. The van der Waals surface area contributed by atoms with E-state index in [1.165, 1.54) is 28.0 Å². The monoisotopic (exact) mass is 863 g/mol. The number of hydrogen-bond acceptors (Lipinski definition) is 9. The van der Waals surface area contributed by atoms with Crippen LogP contribution >= 0.6 is 0 Å². The lowest BCUT2D eigenvalue weighted by molar-refractivity contribution is -0.138. The van der Waals surface area contributed by atoms with E-state index in [1.54, 1.807) is 0 Å². The molecule has 2 aromatic carbocycles. The number of unbranched alkanes of at least 4 members (excludes halogenated alkanes) is 1. The normalized spacial score (nSPS) is 14.2. The van der Waals surface area contributed by atoms with Crippen molar-refractivity contribution in [3.8, 4) is 0 Å². The van der Waals surface area contributed by atoms with Gasteiger partial charge in [0.2, 0.25) is 35.4 Å². The van der Waals surface area contributed by atoms with Crippen molar-refractivity contribution in [1.29, 1.82) is 0 Å². The summed E-state index contributed by atoms with van der Waals surface area (Å²) in [5.41, 5.74) is 19.8. The van der Waals surface area contributed by atoms with Gasteiger partial charge >= 0.3 is 5.97 Å². The molecule has 16 nitrogen and oxygen atoms in total. The summed E-state index contributed by atoms with van der Waals surface area (Å²) >= 11 is 0. The summed E-state index contributed by atoms with van der Waals surface area (Å²) in [5.74, 6) is -3.43. The molecule has 2 aromatic rings. The molecule has 0 aliphatic heterocycles. The Kier molecular flexibility index (Phi) is 23.3. The lowest BCUT2D eigenvalue weighted by Crippen LogP contribution is -2.53. The Morgan fingerprint density at radius 1 is 0.694 bits per heavy atom. The van der Waals surface area contributed by atoms with E-state index in [0.717, 1.165) is 43.2 Å². The summed E-state index contributed by atoms with van der Waals surface area (Å²) in [7, 11) is 0. The Labute approximate surface area is 366 Å². The first-order valence-electron chi connectivity index (χ1n) is 22.2. The zero-order valence-corrected chi connectivity index (χ0v) is 36.5. The Morgan fingerprint density at radius 2 is 1.24 bits per heavy atom. The summed E-state index contributed by atoms with van der Waals surface area (Å²) in [5, 5.41) is 15.2. The zero-order valence-electron chi connectivity index (χ0n) is 36.5. The topological polar surface area (TPSA) is 252 Å². The van der Waals surface area contributed by atoms with Crippen LogP contribution in [0, 0.1) is 5.92 Å². The third-order valence-corrected chi connectivity index (χ3v) is 11.2. The maximum Gasteiger partial charge on any atom is 0.303 e. The second kappa shape index (κ2) is 28.3. The third-order valence-electron chi connectivity index (χ3n) is 11.2. The highest BCUT2D eigenvalue weighted by Gasteiger charge is 2.27. The van der Waals surface area contributed by atoms with Crippen LogP contribution in [0.4, 0.5) is 0 Å². The number of carbonyl (C=O) groups is 7. The van der Waals surface area contributed by atoms with Crippen LogP contribution in [0.5, 0.6) is 0 Å². The lowest BCUT2D eigenvalue weighted by atomic mass is 9.86. The first-order valence-corrected chi connectivity index (χ1v) is 22.2. The Morgan fingerprint density at radius 3 is 1.82 bits per heavy atom. The average Bonchev–Trinajstić information content (AvgIpc) is 3.23. The predicted molar refractivity (Wildman–Crippen MR) is 237 cm³/mol. The predicted octanol–water partition coefficient (Wildman–Crippen LogP) is 2.50. The van der Waals surface area contributed by atoms with Crippen molar-refractivity contribution in [2.75, 3.05) is 45.8 Å². The molecule has 342 valence electrons. The molecule has 9 N–H and O–H groups in total. The number of aryl methyl sites for hydroxylation is 1. The Hall–Kier alpha value is -5.35. The van der Waals surface area contributed by atoms with Gasteiger partial charge in [0.25, 0.3) is 0 Å². The van der Waals surface area contributed by atoms with Crippen LogP contribution in [0.1, 0.15) is 102 Å². The van der Waals surface area contributed by atoms with Crippen LogP contribution in [-0.2, 0) is 46.4 Å². The van der Waals surface area contributed by atoms with Gasteiger partial charge in [0.15, 0.2) is 0 Å². The number of carboxylic acids is 1. The van der Waals surface area contributed by atoms with Crippen LogP contribution in [-0.4, -0.2) is 125 Å². The molecule has 0 unspecified atom stereocenters. The van der Waals surface area contributed by atoms with Gasteiger partial charge in [-0.25, -0.2) is 0 Å². The molecular weight excluding hydrogens is 793 g/mol. The third kappa shape index (κ3) is 21.0. The van der Waals surface area contributed by atoms with Crippen molar-refractivity contribution in [3.05, 3.63) is 71.8 Å². The summed E-state index contributed by atoms with van der Waals surface area (Å²) in [6, 6.07) is 17.1. The number of primary amides is 1. The minimum absolute atomic E-state index is 0.0340.